The Bertz CT molecular complexity index is 1570. The average Bonchev–Trinajstić information content (AvgIpc) is 3.11. The summed E-state index contributed by atoms with van der Waals surface area (Å²) in [5.74, 6) is -0.786. The first-order chi connectivity index (χ1) is 25.6. The second kappa shape index (κ2) is 27.3. The first kappa shape index (κ1) is 52.6. The van der Waals surface area contributed by atoms with Crippen molar-refractivity contribution in [3.05, 3.63) is 119 Å². The van der Waals surface area contributed by atoms with E-state index in [0.29, 0.717) is 40.9 Å². The van der Waals surface area contributed by atoms with Gasteiger partial charge in [-0.1, -0.05) is 88.7 Å². The van der Waals surface area contributed by atoms with Gasteiger partial charge >= 0.3 is 11.9 Å². The van der Waals surface area contributed by atoms with Crippen molar-refractivity contribution in [1.82, 2.24) is 9.03 Å². The molecule has 0 radical (unpaired) electrons. The summed E-state index contributed by atoms with van der Waals surface area (Å²) >= 11 is 14.9. The van der Waals surface area contributed by atoms with Crippen molar-refractivity contribution in [3.63, 3.8) is 0 Å². The van der Waals surface area contributed by atoms with Crippen LogP contribution >= 0.6 is 39.1 Å². The normalized spacial score (nSPS) is 13.4. The SMILES string of the molecule is C=C(CBr)C(=O)OCC.C=CCC(Cc1ccc(Cl)cc1)N(CC(=C)C(=O)OCC)[S@@](=O)C(C)(C)C.C=CCC(Cc1ccc(Cl)cc1)N[S@@](=O)C(C)(C)C. The Kier molecular flexibility index (Phi) is 26.1. The molecule has 2 aromatic rings. The summed E-state index contributed by atoms with van der Waals surface area (Å²) in [7, 11) is -2.41. The Morgan fingerprint density at radius 3 is 1.60 bits per heavy atom. The van der Waals surface area contributed by atoms with E-state index in [2.05, 4.69) is 51.7 Å². The van der Waals surface area contributed by atoms with E-state index in [1.807, 2.05) is 100 Å². The van der Waals surface area contributed by atoms with Gasteiger partial charge in [0.1, 0.15) is 11.0 Å². The topological polar surface area (TPSA) is 102 Å². The minimum Gasteiger partial charge on any atom is -0.463 e. The van der Waals surface area contributed by atoms with Gasteiger partial charge in [0.15, 0.2) is 0 Å². The van der Waals surface area contributed by atoms with Crippen molar-refractivity contribution in [2.24, 2.45) is 0 Å². The number of esters is 2. The van der Waals surface area contributed by atoms with E-state index in [4.69, 9.17) is 27.9 Å². The largest absolute Gasteiger partial charge is 0.463 e. The number of nitrogens with one attached hydrogen (secondary N) is 1. The van der Waals surface area contributed by atoms with E-state index in [-0.39, 0.29) is 36.0 Å². The van der Waals surface area contributed by atoms with Crippen LogP contribution in [0.4, 0.5) is 0 Å². The number of carbonyl (C=O) groups excluding carboxylic acids is 2. The number of halogens is 3. The summed E-state index contributed by atoms with van der Waals surface area (Å²) in [6.07, 6.45) is 6.53. The zero-order valence-electron chi connectivity index (χ0n) is 33.8. The highest BCUT2D eigenvalue weighted by atomic mass is 79.9. The fourth-order valence-corrected chi connectivity index (χ4v) is 7.17. The summed E-state index contributed by atoms with van der Waals surface area (Å²) in [6.45, 7) is 30.9. The molecule has 0 bridgehead atoms. The van der Waals surface area contributed by atoms with Gasteiger partial charge in [-0.05, 0) is 116 Å². The molecule has 0 aliphatic rings. The van der Waals surface area contributed by atoms with Crippen LogP contribution in [0.1, 0.15) is 79.4 Å². The molecule has 8 nitrogen and oxygen atoms in total. The summed E-state index contributed by atoms with van der Waals surface area (Å²) in [6, 6.07) is 15.4. The molecule has 2 unspecified atom stereocenters. The predicted molar refractivity (Wildman–Crippen MR) is 238 cm³/mol. The van der Waals surface area contributed by atoms with Crippen LogP contribution in [0.25, 0.3) is 0 Å². The molecule has 308 valence electrons. The lowest BCUT2D eigenvalue weighted by Gasteiger charge is -2.35. The summed E-state index contributed by atoms with van der Waals surface area (Å²) < 4.78 is 39.3. The van der Waals surface area contributed by atoms with Crippen LogP contribution in [0.5, 0.6) is 0 Å². The van der Waals surface area contributed by atoms with Crippen molar-refractivity contribution in [3.8, 4) is 0 Å². The third-order valence-corrected chi connectivity index (χ3v) is 12.0. The van der Waals surface area contributed by atoms with Crippen LogP contribution in [0.15, 0.2) is 98.1 Å². The number of rotatable bonds is 19. The molecule has 55 heavy (non-hydrogen) atoms. The quantitative estimate of drug-likeness (QED) is 0.0652. The van der Waals surface area contributed by atoms with Gasteiger partial charge in [0, 0.05) is 45.2 Å². The first-order valence-electron chi connectivity index (χ1n) is 18.0. The summed E-state index contributed by atoms with van der Waals surface area (Å²) in [5, 5.41) is 1.88. The van der Waals surface area contributed by atoms with Crippen LogP contribution in [0.2, 0.25) is 10.0 Å². The highest BCUT2D eigenvalue weighted by Crippen LogP contribution is 2.24. The van der Waals surface area contributed by atoms with Crippen LogP contribution in [0, 0.1) is 0 Å². The van der Waals surface area contributed by atoms with Crippen LogP contribution in [-0.4, -0.2) is 71.3 Å². The molecule has 0 aliphatic heterocycles. The minimum absolute atomic E-state index is 0.102. The molecule has 0 aromatic heterocycles. The lowest BCUT2D eigenvalue weighted by atomic mass is 10.0. The van der Waals surface area contributed by atoms with Gasteiger partial charge < -0.3 is 9.47 Å². The number of benzene rings is 2. The number of alkyl halides is 1. The maximum atomic E-state index is 13.2. The molecule has 0 heterocycles. The second-order valence-electron chi connectivity index (χ2n) is 14.3. The zero-order chi connectivity index (χ0) is 42.4. The highest BCUT2D eigenvalue weighted by molar-refractivity contribution is 9.09. The van der Waals surface area contributed by atoms with E-state index >= 15 is 0 Å². The van der Waals surface area contributed by atoms with Crippen LogP contribution in [0.3, 0.4) is 0 Å². The van der Waals surface area contributed by atoms with Crippen molar-refractivity contribution in [2.75, 3.05) is 25.1 Å². The Hall–Kier alpha value is -2.38. The molecule has 0 aliphatic carbocycles. The second-order valence-corrected chi connectivity index (χ2v) is 19.9. The van der Waals surface area contributed by atoms with E-state index in [1.54, 1.807) is 19.9 Å². The Labute approximate surface area is 354 Å². The molecule has 0 saturated heterocycles. The van der Waals surface area contributed by atoms with Crippen LogP contribution in [-0.2, 0) is 53.9 Å². The lowest BCUT2D eigenvalue weighted by Crippen LogP contribution is -2.46. The zero-order valence-corrected chi connectivity index (χ0v) is 38.5. The summed E-state index contributed by atoms with van der Waals surface area (Å²) in [4.78, 5) is 22.7. The highest BCUT2D eigenvalue weighted by Gasteiger charge is 2.32. The maximum Gasteiger partial charge on any atom is 0.334 e. The molecule has 4 atom stereocenters. The molecule has 2 rings (SSSR count). The predicted octanol–water partition coefficient (Wildman–Crippen LogP) is 10.1. The van der Waals surface area contributed by atoms with Gasteiger partial charge in [0.05, 0.1) is 33.7 Å². The molecule has 0 spiro atoms. The van der Waals surface area contributed by atoms with Crippen molar-refractivity contribution < 1.29 is 27.5 Å². The van der Waals surface area contributed by atoms with Gasteiger partial charge in [-0.2, -0.15) is 0 Å². The third-order valence-electron chi connectivity index (χ3n) is 7.28. The fourth-order valence-electron chi connectivity index (χ4n) is 4.44. The third kappa shape index (κ3) is 22.2. The number of hydrogen-bond donors (Lipinski definition) is 1. The van der Waals surface area contributed by atoms with E-state index in [0.717, 1.165) is 23.4 Å². The average molecular weight is 905 g/mol. The van der Waals surface area contributed by atoms with Gasteiger partial charge in [-0.3, -0.25) is 0 Å². The number of ether oxygens (including phenoxy) is 2. The van der Waals surface area contributed by atoms with Crippen LogP contribution < -0.4 is 4.72 Å². The van der Waals surface area contributed by atoms with Gasteiger partial charge in [-0.25, -0.2) is 27.0 Å². The smallest absolute Gasteiger partial charge is 0.334 e. The molecule has 2 aromatic carbocycles. The van der Waals surface area contributed by atoms with Crippen molar-refractivity contribution in [1.29, 1.82) is 0 Å². The molecule has 0 amide bonds. The van der Waals surface area contributed by atoms with Gasteiger partial charge in [0.2, 0.25) is 0 Å². The molecule has 0 saturated carbocycles. The monoisotopic (exact) mass is 902 g/mol. The standard InChI is InChI=1S/C21H30ClNO3S.C15H22ClNOS.C6H9BrO2/c1-7-9-19(14-17-10-12-18(22)13-11-17)23(27(25)21(4,5)6)15-16(3)20(24)26-8-2;1-5-6-14(17-19(18)15(2,3)4)11-12-7-9-13(16)10-8-12;1-3-9-6(8)5(2)4-7/h7,10-13,19H,1,3,8-9,14-15H2,2,4-6H3;5,7-10,14,17H,1,6,11H2,2-4H3;2-4H2,1H3/t19?,27-;14?,19-;/m00./s1. The number of nitrogens with zero attached hydrogens (tertiary/aromatic N) is 1. The minimum atomic E-state index is -1.33. The maximum absolute atomic E-state index is 13.2. The first-order valence-corrected chi connectivity index (χ1v) is 22.1. The molecule has 13 heteroatoms. The molecular formula is C42H61BrCl2N2O6S2. The van der Waals surface area contributed by atoms with Crippen molar-refractivity contribution >= 4 is 73.0 Å². The number of hydrogen-bond acceptors (Lipinski definition) is 6. The molecular weight excluding hydrogens is 843 g/mol. The summed E-state index contributed by atoms with van der Waals surface area (Å²) in [5.41, 5.74) is 3.00. The Balaban J connectivity index is 0.000000900. The Morgan fingerprint density at radius 1 is 0.782 bits per heavy atom. The molecule has 1 N–H and O–H groups in total. The van der Waals surface area contributed by atoms with E-state index in [1.165, 1.54) is 5.56 Å². The van der Waals surface area contributed by atoms with E-state index < -0.39 is 32.7 Å². The molecule has 0 fully saturated rings. The van der Waals surface area contributed by atoms with Gasteiger partial charge in [0.25, 0.3) is 0 Å². The van der Waals surface area contributed by atoms with Crippen molar-refractivity contribution in [2.45, 2.75) is 103 Å². The Morgan fingerprint density at radius 2 is 1.22 bits per heavy atom. The van der Waals surface area contributed by atoms with Gasteiger partial charge in [-0.15, -0.1) is 13.2 Å². The number of carbonyl (C=O) groups is 2. The lowest BCUT2D eigenvalue weighted by molar-refractivity contribution is -0.139. The fraction of sp³-hybridized carbons (Fsp3) is 0.476. The van der Waals surface area contributed by atoms with E-state index in [9.17, 15) is 18.0 Å².